The lowest BCUT2D eigenvalue weighted by molar-refractivity contribution is -0.165. The third-order valence-corrected chi connectivity index (χ3v) is 9.20. The van der Waals surface area contributed by atoms with Crippen molar-refractivity contribution < 1.29 is 32.2 Å². The van der Waals surface area contributed by atoms with E-state index in [4.69, 9.17) is 9.47 Å². The number of alkyl halides is 2. The largest absolute Gasteiger partial charge is 0.497 e. The summed E-state index contributed by atoms with van der Waals surface area (Å²) in [5, 5.41) is 10.0. The standard InChI is InChI=1S/C28H33F3N4O4/c1-38-19-2-3-21(29)20(14-19)22-15-23(34-33-22)25(37)35-12-6-17(16-26(35)9-10-26)24(36)32-18-4-7-27(8-5-18)28(30,31)11-13-39-27/h2-3,14-15,17-18H,4-13,16H2,1H3,(H,32,36)(H,33,34)/t17-,18-,27-/m1/s1. The van der Waals surface area contributed by atoms with Gasteiger partial charge >= 0.3 is 0 Å². The topological polar surface area (TPSA) is 96.6 Å². The Kier molecular flexibility index (Phi) is 6.39. The maximum Gasteiger partial charge on any atom is 0.278 e. The van der Waals surface area contributed by atoms with Gasteiger partial charge in [0.25, 0.3) is 11.8 Å². The molecule has 2 saturated carbocycles. The lowest BCUT2D eigenvalue weighted by atomic mass is 9.78. The molecule has 210 valence electrons. The number of likely N-dealkylation sites (tertiary alicyclic amines) is 1. The van der Waals surface area contributed by atoms with Gasteiger partial charge in [0.1, 0.15) is 17.2 Å². The number of carbonyl (C=O) groups excluding carboxylic acids is 2. The molecule has 1 atom stereocenters. The van der Waals surface area contributed by atoms with Crippen LogP contribution in [0.2, 0.25) is 0 Å². The van der Waals surface area contributed by atoms with E-state index in [0.29, 0.717) is 43.7 Å². The van der Waals surface area contributed by atoms with Gasteiger partial charge in [-0.05, 0) is 75.6 Å². The van der Waals surface area contributed by atoms with Crippen LogP contribution in [0.1, 0.15) is 68.3 Å². The molecule has 0 unspecified atom stereocenters. The number of carbonyl (C=O) groups is 2. The number of nitrogens with zero attached hydrogens (tertiary/aromatic N) is 2. The van der Waals surface area contributed by atoms with E-state index in [2.05, 4.69) is 15.5 Å². The van der Waals surface area contributed by atoms with Crippen LogP contribution in [0.3, 0.4) is 0 Å². The van der Waals surface area contributed by atoms with Crippen molar-refractivity contribution >= 4 is 11.8 Å². The Morgan fingerprint density at radius 3 is 2.56 bits per heavy atom. The van der Waals surface area contributed by atoms with Crippen LogP contribution in [-0.4, -0.2) is 70.3 Å². The number of ether oxygens (including phenoxy) is 2. The quantitative estimate of drug-likeness (QED) is 0.577. The summed E-state index contributed by atoms with van der Waals surface area (Å²) < 4.78 is 53.8. The molecule has 0 bridgehead atoms. The molecule has 4 aliphatic rings. The number of benzene rings is 1. The van der Waals surface area contributed by atoms with Gasteiger partial charge in [0.2, 0.25) is 5.91 Å². The smallest absolute Gasteiger partial charge is 0.278 e. The number of aromatic nitrogens is 2. The number of methoxy groups -OCH3 is 1. The van der Waals surface area contributed by atoms with Crippen LogP contribution in [0.5, 0.6) is 5.75 Å². The maximum absolute atomic E-state index is 14.4. The molecule has 1 aromatic heterocycles. The Balaban J connectivity index is 1.07. The lowest BCUT2D eigenvalue weighted by Crippen LogP contribution is -2.54. The molecule has 2 aliphatic carbocycles. The average molecular weight is 547 g/mol. The van der Waals surface area contributed by atoms with Crippen LogP contribution in [0.25, 0.3) is 11.3 Å². The SMILES string of the molecule is COc1ccc(F)c(-c2cc(C(=O)N3CC[C@@H](C(=O)N[C@H]4CC[C@@]5(CC4)OCCC5(F)F)CC34CC4)n[nH]2)c1. The molecule has 8 nitrogen and oxygen atoms in total. The minimum absolute atomic E-state index is 0.0658. The maximum atomic E-state index is 14.4. The molecular weight excluding hydrogens is 513 g/mol. The number of hydrogen-bond donors (Lipinski definition) is 2. The van der Waals surface area contributed by atoms with Gasteiger partial charge in [-0.3, -0.25) is 14.7 Å². The van der Waals surface area contributed by atoms with Gasteiger partial charge in [0.05, 0.1) is 19.4 Å². The molecule has 3 heterocycles. The summed E-state index contributed by atoms with van der Waals surface area (Å²) in [5.74, 6) is -3.32. The third kappa shape index (κ3) is 4.58. The molecule has 2 aromatic rings. The number of piperidine rings is 1. The first-order valence-electron chi connectivity index (χ1n) is 13.7. The van der Waals surface area contributed by atoms with E-state index >= 15 is 0 Å². The van der Waals surface area contributed by atoms with E-state index in [0.717, 1.165) is 12.8 Å². The monoisotopic (exact) mass is 546 g/mol. The molecule has 2 aliphatic heterocycles. The Morgan fingerprint density at radius 1 is 1.13 bits per heavy atom. The zero-order valence-electron chi connectivity index (χ0n) is 21.9. The van der Waals surface area contributed by atoms with Crippen molar-refractivity contribution in [3.63, 3.8) is 0 Å². The van der Waals surface area contributed by atoms with E-state index in [9.17, 15) is 22.8 Å². The number of nitrogens with one attached hydrogen (secondary N) is 2. The lowest BCUT2D eigenvalue weighted by Gasteiger charge is -2.42. The van der Waals surface area contributed by atoms with Gasteiger partial charge in [0.15, 0.2) is 5.69 Å². The highest BCUT2D eigenvalue weighted by atomic mass is 19.3. The van der Waals surface area contributed by atoms with Gasteiger partial charge in [-0.15, -0.1) is 0 Å². The summed E-state index contributed by atoms with van der Waals surface area (Å²) in [7, 11) is 1.49. The predicted molar refractivity (Wildman–Crippen MR) is 135 cm³/mol. The molecule has 2 saturated heterocycles. The normalized spacial score (nSPS) is 29.0. The minimum atomic E-state index is -2.81. The first-order chi connectivity index (χ1) is 18.7. The second-order valence-electron chi connectivity index (χ2n) is 11.5. The van der Waals surface area contributed by atoms with Crippen molar-refractivity contribution in [1.82, 2.24) is 20.4 Å². The fourth-order valence-electron chi connectivity index (χ4n) is 6.66. The second-order valence-corrected chi connectivity index (χ2v) is 11.5. The van der Waals surface area contributed by atoms with E-state index in [-0.39, 0.29) is 66.4 Å². The number of aromatic amines is 1. The summed E-state index contributed by atoms with van der Waals surface area (Å²) in [4.78, 5) is 28.4. The van der Waals surface area contributed by atoms with Crippen molar-refractivity contribution in [3.05, 3.63) is 35.8 Å². The van der Waals surface area contributed by atoms with E-state index in [1.807, 2.05) is 4.90 Å². The van der Waals surface area contributed by atoms with Crippen molar-refractivity contribution in [3.8, 4) is 17.0 Å². The second kappa shape index (κ2) is 9.53. The zero-order valence-corrected chi connectivity index (χ0v) is 21.9. The first-order valence-corrected chi connectivity index (χ1v) is 13.7. The summed E-state index contributed by atoms with van der Waals surface area (Å²) in [6.45, 7) is 0.501. The first kappa shape index (κ1) is 26.2. The Bertz CT molecular complexity index is 1270. The van der Waals surface area contributed by atoms with Gasteiger partial charge in [0, 0.05) is 36.0 Å². The zero-order chi connectivity index (χ0) is 27.4. The highest BCUT2D eigenvalue weighted by Gasteiger charge is 2.59. The summed E-state index contributed by atoms with van der Waals surface area (Å²) >= 11 is 0. The van der Waals surface area contributed by atoms with Crippen LogP contribution in [0.4, 0.5) is 13.2 Å². The molecule has 11 heteroatoms. The number of amides is 2. The molecule has 0 radical (unpaired) electrons. The molecule has 1 aromatic carbocycles. The average Bonchev–Trinajstić information content (AvgIpc) is 3.38. The Morgan fingerprint density at radius 2 is 1.90 bits per heavy atom. The fraction of sp³-hybridized carbons (Fsp3) is 0.607. The van der Waals surface area contributed by atoms with Crippen molar-refractivity contribution in [2.75, 3.05) is 20.3 Å². The summed E-state index contributed by atoms with van der Waals surface area (Å²) in [5.41, 5.74) is -0.919. The van der Waals surface area contributed by atoms with Crippen molar-refractivity contribution in [2.45, 2.75) is 80.9 Å². The minimum Gasteiger partial charge on any atom is -0.497 e. The van der Waals surface area contributed by atoms with Crippen LogP contribution < -0.4 is 10.1 Å². The summed E-state index contributed by atoms with van der Waals surface area (Å²) in [6, 6.07) is 5.77. The van der Waals surface area contributed by atoms with E-state index in [1.54, 1.807) is 12.1 Å². The van der Waals surface area contributed by atoms with Crippen LogP contribution in [-0.2, 0) is 9.53 Å². The molecule has 4 fully saturated rings. The van der Waals surface area contributed by atoms with E-state index < -0.39 is 17.3 Å². The molecular formula is C28H33F3N4O4. The van der Waals surface area contributed by atoms with Crippen molar-refractivity contribution in [1.29, 1.82) is 0 Å². The predicted octanol–water partition coefficient (Wildman–Crippen LogP) is 4.46. The molecule has 2 amide bonds. The Labute approximate surface area is 224 Å². The van der Waals surface area contributed by atoms with Gasteiger partial charge in [-0.25, -0.2) is 13.2 Å². The number of rotatable bonds is 5. The summed E-state index contributed by atoms with van der Waals surface area (Å²) in [6.07, 6.45) is 3.88. The van der Waals surface area contributed by atoms with Crippen LogP contribution >= 0.6 is 0 Å². The van der Waals surface area contributed by atoms with Gasteiger partial charge in [-0.2, -0.15) is 5.10 Å². The third-order valence-electron chi connectivity index (χ3n) is 9.20. The van der Waals surface area contributed by atoms with Crippen molar-refractivity contribution in [2.24, 2.45) is 5.92 Å². The molecule has 39 heavy (non-hydrogen) atoms. The number of hydrogen-bond acceptors (Lipinski definition) is 5. The highest BCUT2D eigenvalue weighted by molar-refractivity contribution is 5.94. The fourth-order valence-corrected chi connectivity index (χ4v) is 6.66. The van der Waals surface area contributed by atoms with Crippen LogP contribution in [0.15, 0.2) is 24.3 Å². The Hall–Kier alpha value is -3.08. The number of halogens is 3. The molecule has 2 N–H and O–H groups in total. The molecule has 2 spiro atoms. The van der Waals surface area contributed by atoms with Gasteiger partial charge < -0.3 is 19.7 Å². The molecule has 6 rings (SSSR count). The number of H-pyrrole nitrogens is 1. The van der Waals surface area contributed by atoms with E-state index in [1.165, 1.54) is 19.2 Å². The van der Waals surface area contributed by atoms with Gasteiger partial charge in [-0.1, -0.05) is 0 Å². The van der Waals surface area contributed by atoms with Crippen LogP contribution in [0, 0.1) is 11.7 Å². The highest BCUT2D eigenvalue weighted by Crippen LogP contribution is 2.51.